The molecule has 1 aromatic carbocycles. The van der Waals surface area contributed by atoms with Gasteiger partial charge in [-0.1, -0.05) is 12.1 Å². The molecule has 4 atom stereocenters. The summed E-state index contributed by atoms with van der Waals surface area (Å²) in [6, 6.07) is 8.08. The minimum Gasteiger partial charge on any atom is -0.493 e. The van der Waals surface area contributed by atoms with E-state index in [4.69, 9.17) is 23.0 Å². The average molecular weight is 423 g/mol. The maximum absolute atomic E-state index is 5.98. The number of nitrogens with zero attached hydrogens (tertiary/aromatic N) is 1. The second-order valence-electron chi connectivity index (χ2n) is 7.93. The predicted octanol–water partition coefficient (Wildman–Crippen LogP) is 5.15. The van der Waals surface area contributed by atoms with Crippen LogP contribution >= 0.6 is 8.60 Å². The first-order valence-electron chi connectivity index (χ1n) is 10.4. The van der Waals surface area contributed by atoms with Crippen LogP contribution in [0.15, 0.2) is 36.1 Å². The molecule has 0 bridgehead atoms. The van der Waals surface area contributed by atoms with E-state index >= 15 is 0 Å². The van der Waals surface area contributed by atoms with Crippen molar-refractivity contribution in [1.82, 2.24) is 4.90 Å². The number of methoxy groups -OCH3 is 2. The highest BCUT2D eigenvalue weighted by molar-refractivity contribution is 7.41. The van der Waals surface area contributed by atoms with Crippen molar-refractivity contribution in [3.05, 3.63) is 36.1 Å². The van der Waals surface area contributed by atoms with Gasteiger partial charge in [0, 0.05) is 18.9 Å². The lowest BCUT2D eigenvalue weighted by atomic mass is 9.89. The van der Waals surface area contributed by atoms with E-state index in [0.717, 1.165) is 36.0 Å². The van der Waals surface area contributed by atoms with Crippen molar-refractivity contribution in [2.45, 2.75) is 57.8 Å². The largest absolute Gasteiger partial charge is 0.493 e. The topological polar surface area (TPSA) is 49.4 Å². The molecule has 0 radical (unpaired) electrons. The molecule has 0 aromatic heterocycles. The summed E-state index contributed by atoms with van der Waals surface area (Å²) in [4.78, 5) is 2.42. The first kappa shape index (κ1) is 22.4. The molecule has 4 rings (SSSR count). The van der Waals surface area contributed by atoms with Crippen LogP contribution in [0.4, 0.5) is 0 Å². The van der Waals surface area contributed by atoms with Crippen molar-refractivity contribution in [1.29, 1.82) is 0 Å². The molecular formula is C22H34NO5P. The molecule has 0 amide bonds. The van der Waals surface area contributed by atoms with Gasteiger partial charge in [0.25, 0.3) is 0 Å². The molecule has 0 saturated carbocycles. The van der Waals surface area contributed by atoms with Crippen molar-refractivity contribution >= 4 is 8.60 Å². The van der Waals surface area contributed by atoms with Gasteiger partial charge in [-0.25, -0.2) is 0 Å². The van der Waals surface area contributed by atoms with Crippen molar-refractivity contribution in [2.75, 3.05) is 27.8 Å². The highest BCUT2D eigenvalue weighted by Crippen LogP contribution is 2.50. The highest BCUT2D eigenvalue weighted by Gasteiger charge is 2.35. The standard InChI is InChI=1S/C14H24NO3P.C8H10O2/c1-10-8-11(2)17-19(16-10)18-13-5-4-12-6-7-15(3)14(12)9-13;1-9-7-5-3-4-6-8(7)10-2/h9-12,14H,4-8H2,1-3H3;3-6H,1-2H3. The lowest BCUT2D eigenvalue weighted by Crippen LogP contribution is -2.30. The molecule has 7 heteroatoms. The molecule has 2 fully saturated rings. The molecule has 6 nitrogen and oxygen atoms in total. The second-order valence-corrected chi connectivity index (χ2v) is 8.98. The van der Waals surface area contributed by atoms with Crippen LogP contribution < -0.4 is 9.47 Å². The Labute approximate surface area is 176 Å². The number of hydrogen-bond acceptors (Lipinski definition) is 6. The van der Waals surface area contributed by atoms with E-state index in [0.29, 0.717) is 6.04 Å². The third kappa shape index (κ3) is 6.08. The quantitative estimate of drug-likeness (QED) is 0.625. The summed E-state index contributed by atoms with van der Waals surface area (Å²) >= 11 is 0. The van der Waals surface area contributed by atoms with Gasteiger partial charge in [-0.15, -0.1) is 0 Å². The zero-order valence-corrected chi connectivity index (χ0v) is 19.1. The monoisotopic (exact) mass is 423 g/mol. The van der Waals surface area contributed by atoms with Gasteiger partial charge in [0.1, 0.15) is 5.76 Å². The summed E-state index contributed by atoms with van der Waals surface area (Å²) in [7, 11) is 4.26. The summed E-state index contributed by atoms with van der Waals surface area (Å²) in [5, 5.41) is 0. The fraction of sp³-hybridized carbons (Fsp3) is 0.636. The Morgan fingerprint density at radius 1 is 1.00 bits per heavy atom. The molecule has 2 saturated heterocycles. The zero-order valence-electron chi connectivity index (χ0n) is 18.2. The average Bonchev–Trinajstić information content (AvgIpc) is 3.08. The summed E-state index contributed by atoms with van der Waals surface area (Å²) in [5.41, 5.74) is 0. The Morgan fingerprint density at radius 3 is 2.21 bits per heavy atom. The third-order valence-electron chi connectivity index (χ3n) is 5.64. The summed E-state index contributed by atoms with van der Waals surface area (Å²) in [6.45, 7) is 5.39. The summed E-state index contributed by atoms with van der Waals surface area (Å²) in [6.07, 6.45) is 7.30. The molecule has 3 aliphatic rings. The van der Waals surface area contributed by atoms with Crippen LogP contribution in [0.1, 0.15) is 39.5 Å². The molecule has 1 aliphatic carbocycles. The fourth-order valence-electron chi connectivity index (χ4n) is 4.10. The van der Waals surface area contributed by atoms with Gasteiger partial charge in [-0.2, -0.15) is 0 Å². The van der Waals surface area contributed by atoms with E-state index in [9.17, 15) is 0 Å². The molecule has 2 heterocycles. The first-order chi connectivity index (χ1) is 14.0. The third-order valence-corrected chi connectivity index (χ3v) is 7.09. The molecule has 162 valence electrons. The van der Waals surface area contributed by atoms with E-state index in [1.165, 1.54) is 19.4 Å². The molecule has 0 spiro atoms. The Hall–Kier alpha value is -1.33. The van der Waals surface area contributed by atoms with Crippen molar-refractivity contribution in [3.63, 3.8) is 0 Å². The van der Waals surface area contributed by atoms with Gasteiger partial charge in [0.05, 0.1) is 26.4 Å². The number of likely N-dealkylation sites (tertiary alicyclic amines) is 1. The highest BCUT2D eigenvalue weighted by atomic mass is 31.2. The molecule has 2 aliphatic heterocycles. The minimum absolute atomic E-state index is 0.237. The zero-order chi connectivity index (χ0) is 20.8. The van der Waals surface area contributed by atoms with Gasteiger partial charge in [-0.3, -0.25) is 13.9 Å². The predicted molar refractivity (Wildman–Crippen MR) is 115 cm³/mol. The van der Waals surface area contributed by atoms with E-state index < -0.39 is 8.60 Å². The van der Waals surface area contributed by atoms with Crippen molar-refractivity contribution in [2.24, 2.45) is 5.92 Å². The number of para-hydroxylation sites is 2. The van der Waals surface area contributed by atoms with Crippen LogP contribution in [-0.2, 0) is 13.6 Å². The van der Waals surface area contributed by atoms with E-state index in [-0.39, 0.29) is 12.2 Å². The Kier molecular flexibility index (Phi) is 8.19. The van der Waals surface area contributed by atoms with Crippen LogP contribution in [0.5, 0.6) is 11.5 Å². The second kappa shape index (κ2) is 10.6. The normalized spacial score (nSPS) is 31.8. The van der Waals surface area contributed by atoms with Crippen molar-refractivity contribution in [3.8, 4) is 11.5 Å². The Morgan fingerprint density at radius 2 is 1.62 bits per heavy atom. The number of fused-ring (bicyclic) bond motifs is 1. The van der Waals surface area contributed by atoms with E-state index in [1.54, 1.807) is 14.2 Å². The number of allylic oxidation sites excluding steroid dienone is 1. The first-order valence-corrected chi connectivity index (χ1v) is 11.5. The van der Waals surface area contributed by atoms with Gasteiger partial charge in [0.2, 0.25) is 0 Å². The smallest absolute Gasteiger partial charge is 0.397 e. The summed E-state index contributed by atoms with van der Waals surface area (Å²) < 4.78 is 27.5. The Balaban J connectivity index is 0.000000204. The minimum atomic E-state index is -1.19. The van der Waals surface area contributed by atoms with Gasteiger partial charge >= 0.3 is 8.60 Å². The molecule has 0 N–H and O–H groups in total. The molecule has 29 heavy (non-hydrogen) atoms. The maximum Gasteiger partial charge on any atom is 0.397 e. The molecular weight excluding hydrogens is 389 g/mol. The SMILES string of the molecule is CC1CC(C)OP(OC2=CC3C(CC2)CCN3C)O1.COc1ccccc1OC. The Bertz CT molecular complexity index is 652. The number of likely N-dealkylation sites (N-methyl/N-ethyl adjacent to an activating group) is 1. The van der Waals surface area contributed by atoms with Gasteiger partial charge in [0.15, 0.2) is 11.5 Å². The van der Waals surface area contributed by atoms with Gasteiger partial charge < -0.3 is 14.0 Å². The van der Waals surface area contributed by atoms with Crippen LogP contribution in [0.2, 0.25) is 0 Å². The van der Waals surface area contributed by atoms with E-state index in [2.05, 4.69) is 31.9 Å². The number of benzene rings is 1. The van der Waals surface area contributed by atoms with Crippen LogP contribution in [-0.4, -0.2) is 51.0 Å². The number of rotatable bonds is 4. The molecule has 4 unspecified atom stereocenters. The molecule has 1 aromatic rings. The van der Waals surface area contributed by atoms with E-state index in [1.807, 2.05) is 24.3 Å². The maximum atomic E-state index is 5.98. The van der Waals surface area contributed by atoms with Gasteiger partial charge in [-0.05, 0) is 64.4 Å². The summed E-state index contributed by atoms with van der Waals surface area (Å²) in [5.74, 6) is 3.42. The van der Waals surface area contributed by atoms with Crippen LogP contribution in [0, 0.1) is 5.92 Å². The van der Waals surface area contributed by atoms with Crippen LogP contribution in [0.25, 0.3) is 0 Å². The van der Waals surface area contributed by atoms with Crippen molar-refractivity contribution < 1.29 is 23.0 Å². The lowest BCUT2D eigenvalue weighted by Gasteiger charge is -2.33. The number of ether oxygens (including phenoxy) is 2. The fourth-order valence-corrected chi connectivity index (χ4v) is 5.34. The lowest BCUT2D eigenvalue weighted by molar-refractivity contribution is 0.0395. The number of hydrogen-bond donors (Lipinski definition) is 0. The van der Waals surface area contributed by atoms with Crippen LogP contribution in [0.3, 0.4) is 0 Å².